The molecule has 1 saturated heterocycles. The van der Waals surface area contributed by atoms with Gasteiger partial charge < -0.3 is 4.90 Å². The molecule has 0 spiro atoms. The number of likely N-dealkylation sites (tertiary alicyclic amines) is 1. The molecule has 4 rings (SSSR count). The summed E-state index contributed by atoms with van der Waals surface area (Å²) in [6, 6.07) is 6.36. The lowest BCUT2D eigenvalue weighted by Crippen LogP contribution is -2.30. The fourth-order valence-corrected chi connectivity index (χ4v) is 4.38. The van der Waals surface area contributed by atoms with Gasteiger partial charge in [0, 0.05) is 43.2 Å². The van der Waals surface area contributed by atoms with Crippen LogP contribution in [0.1, 0.15) is 55.3 Å². The number of carbonyl (C=O) groups excluding carboxylic acids is 2. The molecule has 0 radical (unpaired) electrons. The van der Waals surface area contributed by atoms with Gasteiger partial charge >= 0.3 is 0 Å². The fourth-order valence-electron chi connectivity index (χ4n) is 4.38. The van der Waals surface area contributed by atoms with E-state index in [-0.39, 0.29) is 23.5 Å². The van der Waals surface area contributed by atoms with Crippen LogP contribution < -0.4 is 4.90 Å². The summed E-state index contributed by atoms with van der Waals surface area (Å²) in [7, 11) is 0. The van der Waals surface area contributed by atoms with Crippen molar-refractivity contribution in [2.75, 3.05) is 24.5 Å². The number of amides is 2. The summed E-state index contributed by atoms with van der Waals surface area (Å²) < 4.78 is 13.2. The highest BCUT2D eigenvalue weighted by molar-refractivity contribution is 6.00. The molecule has 31 heavy (non-hydrogen) atoms. The molecule has 0 aliphatic carbocycles. The van der Waals surface area contributed by atoms with Crippen LogP contribution in [0.25, 0.3) is 0 Å². The molecule has 0 N–H and O–H groups in total. The maximum Gasteiger partial charge on any atom is 0.232 e. The molecule has 2 aromatic rings. The first-order valence-corrected chi connectivity index (χ1v) is 11.0. The molecule has 1 unspecified atom stereocenters. The van der Waals surface area contributed by atoms with Gasteiger partial charge in [0.25, 0.3) is 0 Å². The van der Waals surface area contributed by atoms with Gasteiger partial charge in [-0.05, 0) is 43.4 Å². The Kier molecular flexibility index (Phi) is 6.03. The van der Waals surface area contributed by atoms with E-state index in [1.54, 1.807) is 17.0 Å². The predicted octanol–water partition coefficient (Wildman–Crippen LogP) is 3.42. The number of carbonyl (C=O) groups is 2. The molecule has 2 aliphatic rings. The van der Waals surface area contributed by atoms with E-state index in [4.69, 9.17) is 9.97 Å². The summed E-state index contributed by atoms with van der Waals surface area (Å²) in [5.74, 6) is 1.79. The minimum absolute atomic E-state index is 0.0202. The highest BCUT2D eigenvalue weighted by atomic mass is 19.1. The standard InChI is InChI=1S/C24H29FN4O2/c1-15(2)12-21(30)28-10-9-18(14-28)23-26-16(3)20-13-22(31)29(24(20)27-23)11-8-17-4-6-19(25)7-5-17/h4-7,15,18H,8-14H2,1-3H3. The predicted molar refractivity (Wildman–Crippen MR) is 116 cm³/mol. The van der Waals surface area contributed by atoms with Gasteiger partial charge in [0.15, 0.2) is 0 Å². The molecule has 3 heterocycles. The molecule has 2 aliphatic heterocycles. The zero-order valence-electron chi connectivity index (χ0n) is 18.4. The zero-order chi connectivity index (χ0) is 22.1. The lowest BCUT2D eigenvalue weighted by molar-refractivity contribution is -0.130. The van der Waals surface area contributed by atoms with Crippen molar-refractivity contribution in [1.82, 2.24) is 14.9 Å². The van der Waals surface area contributed by atoms with E-state index in [2.05, 4.69) is 13.8 Å². The second-order valence-electron chi connectivity index (χ2n) is 8.99. The third kappa shape index (κ3) is 4.60. The van der Waals surface area contributed by atoms with E-state index >= 15 is 0 Å². The van der Waals surface area contributed by atoms with Crippen LogP contribution in [0.15, 0.2) is 24.3 Å². The van der Waals surface area contributed by atoms with Crippen molar-refractivity contribution in [3.05, 3.63) is 52.7 Å². The Balaban J connectivity index is 1.50. The van der Waals surface area contributed by atoms with Crippen LogP contribution in [-0.2, 0) is 22.4 Å². The summed E-state index contributed by atoms with van der Waals surface area (Å²) in [5, 5.41) is 0. The maximum atomic E-state index is 13.2. The summed E-state index contributed by atoms with van der Waals surface area (Å²) in [6.45, 7) is 7.89. The fraction of sp³-hybridized carbons (Fsp3) is 0.500. The van der Waals surface area contributed by atoms with Gasteiger partial charge in [-0.25, -0.2) is 14.4 Å². The van der Waals surface area contributed by atoms with Crippen molar-refractivity contribution < 1.29 is 14.0 Å². The third-order valence-electron chi connectivity index (χ3n) is 6.12. The normalized spacial score (nSPS) is 18.2. The molecule has 1 aromatic heterocycles. The lowest BCUT2D eigenvalue weighted by Gasteiger charge is -2.19. The third-order valence-corrected chi connectivity index (χ3v) is 6.12. The van der Waals surface area contributed by atoms with Gasteiger partial charge in [-0.15, -0.1) is 0 Å². The summed E-state index contributed by atoms with van der Waals surface area (Å²) in [5.41, 5.74) is 2.70. The van der Waals surface area contributed by atoms with Gasteiger partial charge in [-0.2, -0.15) is 0 Å². The number of benzene rings is 1. The quantitative estimate of drug-likeness (QED) is 0.713. The van der Waals surface area contributed by atoms with Crippen LogP contribution in [-0.4, -0.2) is 46.3 Å². The second-order valence-corrected chi connectivity index (χ2v) is 8.99. The van der Waals surface area contributed by atoms with E-state index < -0.39 is 0 Å². The van der Waals surface area contributed by atoms with Crippen molar-refractivity contribution in [2.45, 2.75) is 52.4 Å². The number of halogens is 1. The molecule has 1 atom stereocenters. The van der Waals surface area contributed by atoms with E-state index in [0.29, 0.717) is 44.1 Å². The second kappa shape index (κ2) is 8.73. The number of rotatable bonds is 6. The maximum absolute atomic E-state index is 13.2. The topological polar surface area (TPSA) is 66.4 Å². The Morgan fingerprint density at radius 3 is 2.68 bits per heavy atom. The minimum Gasteiger partial charge on any atom is -0.342 e. The lowest BCUT2D eigenvalue weighted by atomic mass is 10.1. The van der Waals surface area contributed by atoms with Crippen molar-refractivity contribution in [1.29, 1.82) is 0 Å². The van der Waals surface area contributed by atoms with Crippen LogP contribution in [0.4, 0.5) is 10.2 Å². The molecule has 0 saturated carbocycles. The van der Waals surface area contributed by atoms with Crippen molar-refractivity contribution in [3.8, 4) is 0 Å². The van der Waals surface area contributed by atoms with Gasteiger partial charge in [-0.3, -0.25) is 14.5 Å². The van der Waals surface area contributed by atoms with E-state index in [1.807, 2.05) is 11.8 Å². The van der Waals surface area contributed by atoms with Gasteiger partial charge in [-0.1, -0.05) is 26.0 Å². The SMILES string of the molecule is Cc1nc(C2CCN(C(=O)CC(C)C)C2)nc2c1CC(=O)N2CCc1ccc(F)cc1. The number of hydrogen-bond donors (Lipinski definition) is 0. The Hall–Kier alpha value is -2.83. The minimum atomic E-state index is -0.267. The summed E-state index contributed by atoms with van der Waals surface area (Å²) in [4.78, 5) is 38.3. The van der Waals surface area contributed by atoms with Crippen LogP contribution in [0, 0.1) is 18.7 Å². The van der Waals surface area contributed by atoms with Crippen LogP contribution >= 0.6 is 0 Å². The Morgan fingerprint density at radius 1 is 1.23 bits per heavy atom. The summed E-state index contributed by atoms with van der Waals surface area (Å²) >= 11 is 0. The molecule has 164 valence electrons. The number of fused-ring (bicyclic) bond motifs is 1. The smallest absolute Gasteiger partial charge is 0.232 e. The number of aromatic nitrogens is 2. The van der Waals surface area contributed by atoms with Gasteiger partial charge in [0.2, 0.25) is 11.8 Å². The number of hydrogen-bond acceptors (Lipinski definition) is 4. The molecule has 1 aromatic carbocycles. The van der Waals surface area contributed by atoms with Gasteiger partial charge in [0.1, 0.15) is 17.5 Å². The van der Waals surface area contributed by atoms with Crippen molar-refractivity contribution in [3.63, 3.8) is 0 Å². The average molecular weight is 425 g/mol. The number of nitrogens with zero attached hydrogens (tertiary/aromatic N) is 4. The number of anilines is 1. The molecule has 2 amide bonds. The highest BCUT2D eigenvalue weighted by Gasteiger charge is 2.34. The van der Waals surface area contributed by atoms with Crippen LogP contribution in [0.5, 0.6) is 0 Å². The Bertz CT molecular complexity index is 990. The Morgan fingerprint density at radius 2 is 1.97 bits per heavy atom. The van der Waals surface area contributed by atoms with Crippen molar-refractivity contribution >= 4 is 17.6 Å². The van der Waals surface area contributed by atoms with E-state index in [9.17, 15) is 14.0 Å². The molecule has 0 bridgehead atoms. The number of aryl methyl sites for hydroxylation is 1. The van der Waals surface area contributed by atoms with E-state index in [0.717, 1.165) is 35.6 Å². The summed E-state index contributed by atoms with van der Waals surface area (Å²) in [6.07, 6.45) is 2.34. The highest BCUT2D eigenvalue weighted by Crippen LogP contribution is 2.33. The van der Waals surface area contributed by atoms with Crippen LogP contribution in [0.3, 0.4) is 0 Å². The zero-order valence-corrected chi connectivity index (χ0v) is 18.4. The largest absolute Gasteiger partial charge is 0.342 e. The van der Waals surface area contributed by atoms with Crippen LogP contribution in [0.2, 0.25) is 0 Å². The molecule has 1 fully saturated rings. The van der Waals surface area contributed by atoms with Gasteiger partial charge in [0.05, 0.1) is 6.42 Å². The van der Waals surface area contributed by atoms with E-state index in [1.165, 1.54) is 12.1 Å². The van der Waals surface area contributed by atoms with Crippen molar-refractivity contribution in [2.24, 2.45) is 5.92 Å². The first-order valence-electron chi connectivity index (χ1n) is 11.0. The first-order chi connectivity index (χ1) is 14.8. The average Bonchev–Trinajstić information content (AvgIpc) is 3.32. The molecule has 6 nitrogen and oxygen atoms in total. The Labute approximate surface area is 182 Å². The first kappa shape index (κ1) is 21.4. The monoisotopic (exact) mass is 424 g/mol. The molecular weight excluding hydrogens is 395 g/mol. The molecule has 7 heteroatoms. The molecular formula is C24H29FN4O2.